The molecule has 1 aromatic heterocycles. The number of aromatic amines is 1. The number of hydrogen-bond donors (Lipinski definition) is 1. The Morgan fingerprint density at radius 3 is 2.62 bits per heavy atom. The van der Waals surface area contributed by atoms with Crippen molar-refractivity contribution >= 4 is 28.4 Å². The molecule has 2 aromatic rings. The van der Waals surface area contributed by atoms with Crippen molar-refractivity contribution in [2.75, 3.05) is 26.2 Å². The lowest BCUT2D eigenvalue weighted by Gasteiger charge is -2.34. The highest BCUT2D eigenvalue weighted by atomic mass is 35.5. The number of benzene rings is 1. The number of piperazine rings is 1. The number of aromatic nitrogens is 1. The summed E-state index contributed by atoms with van der Waals surface area (Å²) in [6.07, 6.45) is 2.66. The minimum atomic E-state index is 0.0952. The summed E-state index contributed by atoms with van der Waals surface area (Å²) in [5.74, 6) is 0.0952. The predicted octanol–water partition coefficient (Wildman–Crippen LogP) is 2.74. The number of halogens is 1. The van der Waals surface area contributed by atoms with Crippen LogP contribution in [-0.4, -0.2) is 52.9 Å². The van der Waals surface area contributed by atoms with Crippen molar-refractivity contribution in [3.63, 3.8) is 0 Å². The van der Waals surface area contributed by atoms with E-state index in [9.17, 15) is 4.79 Å². The first kappa shape index (κ1) is 13.2. The maximum absolute atomic E-state index is 12.6. The maximum Gasteiger partial charge on any atom is 0.270 e. The summed E-state index contributed by atoms with van der Waals surface area (Å²) in [4.78, 5) is 20.2. The van der Waals surface area contributed by atoms with E-state index in [1.165, 1.54) is 12.8 Å². The van der Waals surface area contributed by atoms with Gasteiger partial charge in [0, 0.05) is 48.1 Å². The van der Waals surface area contributed by atoms with Crippen LogP contribution in [0.4, 0.5) is 0 Å². The van der Waals surface area contributed by atoms with E-state index in [1.807, 2.05) is 29.2 Å². The van der Waals surface area contributed by atoms with E-state index >= 15 is 0 Å². The molecule has 1 saturated carbocycles. The van der Waals surface area contributed by atoms with Crippen molar-refractivity contribution in [2.24, 2.45) is 0 Å². The SMILES string of the molecule is O=C(c1cc2ccc(Cl)cc2[nH]1)N1CCN(C2CC2)CC1. The van der Waals surface area contributed by atoms with E-state index in [1.54, 1.807) is 0 Å². The Bertz CT molecular complexity index is 684. The smallest absolute Gasteiger partial charge is 0.270 e. The number of carbonyl (C=O) groups is 1. The minimum absolute atomic E-state index is 0.0952. The molecular formula is C16H18ClN3O. The Balaban J connectivity index is 1.50. The third-order valence-corrected chi connectivity index (χ3v) is 4.71. The number of amides is 1. The molecular weight excluding hydrogens is 286 g/mol. The second kappa shape index (κ2) is 5.04. The molecule has 4 rings (SSSR count). The Kier molecular flexibility index (Phi) is 3.16. The normalized spacial score (nSPS) is 20.1. The summed E-state index contributed by atoms with van der Waals surface area (Å²) in [7, 11) is 0. The Labute approximate surface area is 128 Å². The van der Waals surface area contributed by atoms with E-state index in [2.05, 4.69) is 9.88 Å². The highest BCUT2D eigenvalue weighted by molar-refractivity contribution is 6.31. The van der Waals surface area contributed by atoms with Crippen LogP contribution in [0.25, 0.3) is 10.9 Å². The fraction of sp³-hybridized carbons (Fsp3) is 0.438. The molecule has 1 aromatic carbocycles. The first-order chi connectivity index (χ1) is 10.2. The van der Waals surface area contributed by atoms with Gasteiger partial charge < -0.3 is 9.88 Å². The van der Waals surface area contributed by atoms with Crippen molar-refractivity contribution in [2.45, 2.75) is 18.9 Å². The third-order valence-electron chi connectivity index (χ3n) is 4.48. The number of H-pyrrole nitrogens is 1. The summed E-state index contributed by atoms with van der Waals surface area (Å²) in [5.41, 5.74) is 1.58. The van der Waals surface area contributed by atoms with Gasteiger partial charge in [0.15, 0.2) is 0 Å². The lowest BCUT2D eigenvalue weighted by atomic mass is 10.2. The summed E-state index contributed by atoms with van der Waals surface area (Å²) < 4.78 is 0. The number of hydrogen-bond acceptors (Lipinski definition) is 2. The molecule has 5 heteroatoms. The van der Waals surface area contributed by atoms with Gasteiger partial charge in [-0.2, -0.15) is 0 Å². The molecule has 0 atom stereocenters. The van der Waals surface area contributed by atoms with Crippen LogP contribution < -0.4 is 0 Å². The minimum Gasteiger partial charge on any atom is -0.350 e. The third kappa shape index (κ3) is 2.54. The second-order valence-electron chi connectivity index (χ2n) is 5.97. The molecule has 0 bridgehead atoms. The van der Waals surface area contributed by atoms with E-state index in [4.69, 9.17) is 11.6 Å². The van der Waals surface area contributed by atoms with Crippen LogP contribution in [0, 0.1) is 0 Å². The van der Waals surface area contributed by atoms with E-state index in [-0.39, 0.29) is 5.91 Å². The van der Waals surface area contributed by atoms with Gasteiger partial charge in [-0.3, -0.25) is 9.69 Å². The van der Waals surface area contributed by atoms with Crippen molar-refractivity contribution < 1.29 is 4.79 Å². The van der Waals surface area contributed by atoms with Gasteiger partial charge in [-0.15, -0.1) is 0 Å². The summed E-state index contributed by atoms with van der Waals surface area (Å²) in [6.45, 7) is 3.65. The van der Waals surface area contributed by atoms with Crippen LogP contribution in [0.5, 0.6) is 0 Å². The second-order valence-corrected chi connectivity index (χ2v) is 6.41. The lowest BCUT2D eigenvalue weighted by Crippen LogP contribution is -2.49. The van der Waals surface area contributed by atoms with Crippen molar-refractivity contribution in [3.8, 4) is 0 Å². The van der Waals surface area contributed by atoms with E-state index < -0.39 is 0 Å². The standard InChI is InChI=1S/C16H18ClN3O/c17-12-2-1-11-9-15(18-14(11)10-12)16(21)20-7-5-19(6-8-20)13-3-4-13/h1-2,9-10,13,18H,3-8H2. The van der Waals surface area contributed by atoms with E-state index in [0.717, 1.165) is 43.1 Å². The van der Waals surface area contributed by atoms with Gasteiger partial charge in [-0.1, -0.05) is 17.7 Å². The van der Waals surface area contributed by atoms with Gasteiger partial charge in [0.1, 0.15) is 5.69 Å². The molecule has 2 heterocycles. The number of fused-ring (bicyclic) bond motifs is 1. The summed E-state index contributed by atoms with van der Waals surface area (Å²) >= 11 is 5.99. The fourth-order valence-electron chi connectivity index (χ4n) is 3.11. The molecule has 2 fully saturated rings. The maximum atomic E-state index is 12.6. The number of rotatable bonds is 2. The molecule has 21 heavy (non-hydrogen) atoms. The van der Waals surface area contributed by atoms with Crippen molar-refractivity contribution in [3.05, 3.63) is 35.0 Å². The van der Waals surface area contributed by atoms with Crippen LogP contribution in [0.2, 0.25) is 5.02 Å². The monoisotopic (exact) mass is 303 g/mol. The van der Waals surface area contributed by atoms with Gasteiger partial charge in [-0.25, -0.2) is 0 Å². The molecule has 0 spiro atoms. The van der Waals surface area contributed by atoms with Gasteiger partial charge in [-0.05, 0) is 31.0 Å². The average Bonchev–Trinajstić information content (AvgIpc) is 3.26. The summed E-state index contributed by atoms with van der Waals surface area (Å²) in [6, 6.07) is 8.36. The quantitative estimate of drug-likeness (QED) is 0.926. The van der Waals surface area contributed by atoms with Crippen LogP contribution in [-0.2, 0) is 0 Å². The Morgan fingerprint density at radius 1 is 1.14 bits per heavy atom. The van der Waals surface area contributed by atoms with Crippen molar-refractivity contribution in [1.82, 2.24) is 14.8 Å². The highest BCUT2D eigenvalue weighted by Gasteiger charge is 2.32. The number of nitrogens with zero attached hydrogens (tertiary/aromatic N) is 2. The first-order valence-electron chi connectivity index (χ1n) is 7.52. The van der Waals surface area contributed by atoms with Crippen LogP contribution >= 0.6 is 11.6 Å². The molecule has 1 aliphatic heterocycles. The zero-order chi connectivity index (χ0) is 14.4. The number of carbonyl (C=O) groups excluding carboxylic acids is 1. The van der Waals surface area contributed by atoms with Crippen LogP contribution in [0.15, 0.2) is 24.3 Å². The van der Waals surface area contributed by atoms with Gasteiger partial charge in [0.25, 0.3) is 5.91 Å². The molecule has 0 unspecified atom stereocenters. The molecule has 4 nitrogen and oxygen atoms in total. The molecule has 110 valence electrons. The van der Waals surface area contributed by atoms with Gasteiger partial charge in [0.2, 0.25) is 0 Å². The average molecular weight is 304 g/mol. The lowest BCUT2D eigenvalue weighted by molar-refractivity contribution is 0.0622. The molecule has 0 radical (unpaired) electrons. The molecule has 1 aliphatic carbocycles. The fourth-order valence-corrected chi connectivity index (χ4v) is 3.29. The van der Waals surface area contributed by atoms with E-state index in [0.29, 0.717) is 10.7 Å². The number of nitrogens with one attached hydrogen (secondary N) is 1. The Morgan fingerprint density at radius 2 is 1.90 bits per heavy atom. The summed E-state index contributed by atoms with van der Waals surface area (Å²) in [5, 5.41) is 1.71. The predicted molar refractivity (Wildman–Crippen MR) is 83.8 cm³/mol. The van der Waals surface area contributed by atoms with Gasteiger partial charge >= 0.3 is 0 Å². The highest BCUT2D eigenvalue weighted by Crippen LogP contribution is 2.28. The first-order valence-corrected chi connectivity index (χ1v) is 7.90. The molecule has 1 N–H and O–H groups in total. The zero-order valence-corrected chi connectivity index (χ0v) is 12.6. The largest absolute Gasteiger partial charge is 0.350 e. The zero-order valence-electron chi connectivity index (χ0n) is 11.8. The van der Waals surface area contributed by atoms with Crippen molar-refractivity contribution in [1.29, 1.82) is 0 Å². The van der Waals surface area contributed by atoms with Gasteiger partial charge in [0.05, 0.1) is 0 Å². The molecule has 1 saturated heterocycles. The molecule has 2 aliphatic rings. The topological polar surface area (TPSA) is 39.3 Å². The Hall–Kier alpha value is -1.52. The van der Waals surface area contributed by atoms with Crippen LogP contribution in [0.3, 0.4) is 0 Å². The molecule has 1 amide bonds. The van der Waals surface area contributed by atoms with Crippen LogP contribution in [0.1, 0.15) is 23.3 Å².